The summed E-state index contributed by atoms with van der Waals surface area (Å²) in [7, 11) is 1.26. The van der Waals surface area contributed by atoms with Crippen LogP contribution < -0.4 is 11.3 Å². The van der Waals surface area contributed by atoms with Gasteiger partial charge < -0.3 is 10.5 Å². The average Bonchev–Trinajstić information content (AvgIpc) is 2.33. The second-order valence-electron chi connectivity index (χ2n) is 3.53. The van der Waals surface area contributed by atoms with E-state index in [1.165, 1.54) is 18.0 Å². The number of ether oxygens (including phenoxy) is 1. The number of hydrogen-bond acceptors (Lipinski definition) is 5. The van der Waals surface area contributed by atoms with Crippen LogP contribution >= 0.6 is 0 Å². The Balaban J connectivity index is 2.57. The van der Waals surface area contributed by atoms with Gasteiger partial charge in [0.15, 0.2) is 0 Å². The predicted molar refractivity (Wildman–Crippen MR) is 62.4 cm³/mol. The molecule has 0 saturated heterocycles. The van der Waals surface area contributed by atoms with Crippen molar-refractivity contribution in [2.24, 2.45) is 0 Å². The Bertz CT molecular complexity index is 633. The van der Waals surface area contributed by atoms with E-state index in [-0.39, 0.29) is 12.1 Å². The van der Waals surface area contributed by atoms with Crippen LogP contribution in [0.25, 0.3) is 10.9 Å². The van der Waals surface area contributed by atoms with Crippen molar-refractivity contribution in [3.8, 4) is 0 Å². The molecule has 1 aromatic carbocycles. The van der Waals surface area contributed by atoms with Gasteiger partial charge in [0.25, 0.3) is 5.56 Å². The molecular formula is C11H11N3O3. The normalized spacial score (nSPS) is 10.4. The lowest BCUT2D eigenvalue weighted by molar-refractivity contribution is -0.141. The number of methoxy groups -OCH3 is 1. The zero-order valence-electron chi connectivity index (χ0n) is 9.21. The maximum atomic E-state index is 12.0. The lowest BCUT2D eigenvalue weighted by Crippen LogP contribution is -2.25. The monoisotopic (exact) mass is 233 g/mol. The van der Waals surface area contributed by atoms with E-state index < -0.39 is 5.97 Å². The molecule has 17 heavy (non-hydrogen) atoms. The minimum absolute atomic E-state index is 0.160. The zero-order chi connectivity index (χ0) is 12.4. The number of rotatable bonds is 2. The van der Waals surface area contributed by atoms with Crippen LogP contribution in [0.4, 0.5) is 5.69 Å². The molecule has 1 aromatic heterocycles. The van der Waals surface area contributed by atoms with Crippen LogP contribution in [0.1, 0.15) is 0 Å². The van der Waals surface area contributed by atoms with Gasteiger partial charge in [-0.3, -0.25) is 14.2 Å². The maximum absolute atomic E-state index is 12.0. The first-order valence-corrected chi connectivity index (χ1v) is 4.93. The largest absolute Gasteiger partial charge is 0.468 e. The molecule has 0 aliphatic carbocycles. The molecule has 2 rings (SSSR count). The van der Waals surface area contributed by atoms with Gasteiger partial charge in [-0.15, -0.1) is 0 Å². The fourth-order valence-corrected chi connectivity index (χ4v) is 1.49. The van der Waals surface area contributed by atoms with Gasteiger partial charge in [-0.05, 0) is 18.2 Å². The predicted octanol–water partition coefficient (Wildman–Crippen LogP) is 0.152. The third-order valence-corrected chi connectivity index (χ3v) is 2.38. The summed E-state index contributed by atoms with van der Waals surface area (Å²) >= 11 is 0. The molecule has 2 N–H and O–H groups in total. The maximum Gasteiger partial charge on any atom is 0.325 e. The van der Waals surface area contributed by atoms with Crippen molar-refractivity contribution >= 4 is 22.6 Å². The fourth-order valence-electron chi connectivity index (χ4n) is 1.49. The van der Waals surface area contributed by atoms with Crippen molar-refractivity contribution in [2.75, 3.05) is 12.8 Å². The molecule has 0 spiro atoms. The topological polar surface area (TPSA) is 87.2 Å². The number of nitrogens with two attached hydrogens (primary N) is 1. The second kappa shape index (κ2) is 4.25. The molecular weight excluding hydrogens is 222 g/mol. The summed E-state index contributed by atoms with van der Waals surface area (Å²) < 4.78 is 5.68. The molecule has 0 saturated carbocycles. The standard InChI is InChI=1S/C11H11N3O3/c1-17-10(15)5-14-6-13-9-3-2-7(12)4-8(9)11(14)16/h2-4,6H,5,12H2,1H3. The van der Waals surface area contributed by atoms with Crippen LogP contribution in [0.2, 0.25) is 0 Å². The van der Waals surface area contributed by atoms with Crippen molar-refractivity contribution in [1.82, 2.24) is 9.55 Å². The molecule has 0 aliphatic rings. The summed E-state index contributed by atoms with van der Waals surface area (Å²) in [6.07, 6.45) is 1.32. The number of anilines is 1. The van der Waals surface area contributed by atoms with Crippen molar-refractivity contribution in [2.45, 2.75) is 6.54 Å². The van der Waals surface area contributed by atoms with Crippen LogP contribution in [0.3, 0.4) is 0 Å². The number of carbonyl (C=O) groups is 1. The van der Waals surface area contributed by atoms with Gasteiger partial charge in [-0.2, -0.15) is 0 Å². The Hall–Kier alpha value is -2.37. The molecule has 0 atom stereocenters. The van der Waals surface area contributed by atoms with E-state index in [0.717, 1.165) is 0 Å². The number of nitrogens with zero attached hydrogens (tertiary/aromatic N) is 2. The first-order valence-electron chi connectivity index (χ1n) is 4.93. The molecule has 0 fully saturated rings. The van der Waals surface area contributed by atoms with Crippen LogP contribution in [-0.4, -0.2) is 22.6 Å². The minimum atomic E-state index is -0.503. The number of aromatic nitrogens is 2. The molecule has 88 valence electrons. The van der Waals surface area contributed by atoms with Gasteiger partial charge in [-0.25, -0.2) is 4.98 Å². The highest BCUT2D eigenvalue weighted by atomic mass is 16.5. The van der Waals surface area contributed by atoms with Gasteiger partial charge in [-0.1, -0.05) is 0 Å². The molecule has 0 radical (unpaired) electrons. The van der Waals surface area contributed by atoms with E-state index in [4.69, 9.17) is 5.73 Å². The van der Waals surface area contributed by atoms with Crippen LogP contribution in [0, 0.1) is 0 Å². The molecule has 0 aliphatic heterocycles. The van der Waals surface area contributed by atoms with Gasteiger partial charge >= 0.3 is 5.97 Å². The molecule has 6 nitrogen and oxygen atoms in total. The van der Waals surface area contributed by atoms with Gasteiger partial charge in [0.2, 0.25) is 0 Å². The van der Waals surface area contributed by atoms with E-state index in [1.54, 1.807) is 18.2 Å². The lowest BCUT2D eigenvalue weighted by Gasteiger charge is -2.05. The Morgan fingerprint density at radius 3 is 3.00 bits per heavy atom. The average molecular weight is 233 g/mol. The summed E-state index contributed by atoms with van der Waals surface area (Å²) in [5.41, 5.74) is 6.32. The van der Waals surface area contributed by atoms with E-state index in [1.807, 2.05) is 0 Å². The molecule has 2 aromatic rings. The number of esters is 1. The summed E-state index contributed by atoms with van der Waals surface area (Å²) in [5.74, 6) is -0.503. The van der Waals surface area contributed by atoms with Gasteiger partial charge in [0, 0.05) is 5.69 Å². The van der Waals surface area contributed by atoms with E-state index in [0.29, 0.717) is 16.6 Å². The number of fused-ring (bicyclic) bond motifs is 1. The smallest absolute Gasteiger partial charge is 0.325 e. The number of benzene rings is 1. The SMILES string of the molecule is COC(=O)Cn1cnc2ccc(N)cc2c1=O. The van der Waals surface area contributed by atoms with Gasteiger partial charge in [0.05, 0.1) is 24.3 Å². The van der Waals surface area contributed by atoms with Gasteiger partial charge in [0.1, 0.15) is 6.54 Å². The third-order valence-electron chi connectivity index (χ3n) is 2.38. The van der Waals surface area contributed by atoms with Crippen LogP contribution in [0.5, 0.6) is 0 Å². The van der Waals surface area contributed by atoms with Crippen molar-refractivity contribution in [1.29, 1.82) is 0 Å². The summed E-state index contributed by atoms with van der Waals surface area (Å²) in [5, 5.41) is 0.386. The van der Waals surface area contributed by atoms with Crippen molar-refractivity contribution in [3.63, 3.8) is 0 Å². The first-order chi connectivity index (χ1) is 8.11. The second-order valence-corrected chi connectivity index (χ2v) is 3.53. The van der Waals surface area contributed by atoms with E-state index in [9.17, 15) is 9.59 Å². The minimum Gasteiger partial charge on any atom is -0.468 e. The summed E-state index contributed by atoms with van der Waals surface area (Å²) in [4.78, 5) is 27.2. The fraction of sp³-hybridized carbons (Fsp3) is 0.182. The third kappa shape index (κ3) is 2.10. The Labute approximate surface area is 96.6 Å². The zero-order valence-corrected chi connectivity index (χ0v) is 9.21. The number of nitrogen functional groups attached to an aromatic ring is 1. The molecule has 0 bridgehead atoms. The molecule has 0 unspecified atom stereocenters. The molecule has 6 heteroatoms. The van der Waals surface area contributed by atoms with E-state index in [2.05, 4.69) is 9.72 Å². The lowest BCUT2D eigenvalue weighted by atomic mass is 10.2. The Morgan fingerprint density at radius 1 is 1.53 bits per heavy atom. The Morgan fingerprint density at radius 2 is 2.29 bits per heavy atom. The van der Waals surface area contributed by atoms with Crippen LogP contribution in [-0.2, 0) is 16.1 Å². The summed E-state index contributed by atoms with van der Waals surface area (Å²) in [6.45, 7) is -0.160. The molecule has 0 amide bonds. The molecule has 1 heterocycles. The summed E-state index contributed by atoms with van der Waals surface area (Å²) in [6, 6.07) is 4.87. The first kappa shape index (κ1) is 11.1. The highest BCUT2D eigenvalue weighted by Crippen LogP contribution is 2.10. The highest BCUT2D eigenvalue weighted by molar-refractivity contribution is 5.81. The van der Waals surface area contributed by atoms with Crippen molar-refractivity contribution in [3.05, 3.63) is 34.9 Å². The quantitative estimate of drug-likeness (QED) is 0.589. The Kier molecular flexibility index (Phi) is 2.78. The van der Waals surface area contributed by atoms with Crippen molar-refractivity contribution < 1.29 is 9.53 Å². The van der Waals surface area contributed by atoms with Crippen LogP contribution in [0.15, 0.2) is 29.3 Å². The number of hydrogen-bond donors (Lipinski definition) is 1. The van der Waals surface area contributed by atoms with E-state index >= 15 is 0 Å². The number of carbonyl (C=O) groups excluding carboxylic acids is 1. The highest BCUT2D eigenvalue weighted by Gasteiger charge is 2.08.